The molecule has 0 aliphatic carbocycles. The van der Waals surface area contributed by atoms with Crippen molar-refractivity contribution in [3.63, 3.8) is 0 Å². The number of benzene rings is 2. The number of hydrogen-bond donors (Lipinski definition) is 5. The predicted molar refractivity (Wildman–Crippen MR) is 141 cm³/mol. The standard InChI is InChI=1S/C26H27ClN6O4/c1-37-26(36)29-17-11-12-18-20(13-17)30-21(34)6-4-2-3-5-19(24-32-22(18)23(27)33-24)31-25(35)16-9-7-15(14-28)8-10-16/h2-3,7-13,19H,4-6,14,28H2,1H3,(H,29,36)(H,30,34)(H,31,35)(H,32,33)/b3-2-/t19-/m0/s1. The minimum atomic E-state index is -0.641. The van der Waals surface area contributed by atoms with Crippen molar-refractivity contribution in [1.29, 1.82) is 0 Å². The predicted octanol–water partition coefficient (Wildman–Crippen LogP) is 4.52. The quantitative estimate of drug-likeness (QED) is 0.318. The van der Waals surface area contributed by atoms with E-state index in [9.17, 15) is 14.4 Å². The second kappa shape index (κ2) is 11.7. The first-order valence-corrected chi connectivity index (χ1v) is 12.0. The molecule has 1 aliphatic rings. The molecule has 0 unspecified atom stereocenters. The average Bonchev–Trinajstić information content (AvgIpc) is 3.28. The molecule has 1 atom stereocenters. The first kappa shape index (κ1) is 25.9. The highest BCUT2D eigenvalue weighted by Crippen LogP contribution is 2.35. The van der Waals surface area contributed by atoms with Gasteiger partial charge in [-0.05, 0) is 48.7 Å². The fraction of sp³-hybridized carbons (Fsp3) is 0.231. The Balaban J connectivity index is 1.69. The summed E-state index contributed by atoms with van der Waals surface area (Å²) in [6.45, 7) is 0.391. The fourth-order valence-electron chi connectivity index (χ4n) is 3.86. The molecule has 0 saturated carbocycles. The van der Waals surface area contributed by atoms with Crippen molar-refractivity contribution in [2.75, 3.05) is 17.7 Å². The van der Waals surface area contributed by atoms with E-state index in [-0.39, 0.29) is 23.4 Å². The van der Waals surface area contributed by atoms with E-state index in [2.05, 4.69) is 30.7 Å². The third-order valence-electron chi connectivity index (χ3n) is 5.82. The lowest BCUT2D eigenvalue weighted by Gasteiger charge is -2.15. The molecule has 192 valence electrons. The van der Waals surface area contributed by atoms with Gasteiger partial charge in [-0.3, -0.25) is 14.9 Å². The molecule has 37 heavy (non-hydrogen) atoms. The lowest BCUT2D eigenvalue weighted by molar-refractivity contribution is -0.116. The zero-order chi connectivity index (χ0) is 26.4. The van der Waals surface area contributed by atoms with E-state index >= 15 is 0 Å². The molecule has 1 aliphatic heterocycles. The summed E-state index contributed by atoms with van der Waals surface area (Å²) in [5.74, 6) is -0.0148. The highest BCUT2D eigenvalue weighted by atomic mass is 35.5. The van der Waals surface area contributed by atoms with Gasteiger partial charge >= 0.3 is 6.09 Å². The zero-order valence-electron chi connectivity index (χ0n) is 20.1. The van der Waals surface area contributed by atoms with Crippen molar-refractivity contribution in [2.24, 2.45) is 5.73 Å². The van der Waals surface area contributed by atoms with Crippen LogP contribution in [0.15, 0.2) is 54.6 Å². The van der Waals surface area contributed by atoms with E-state index < -0.39 is 12.1 Å². The number of aromatic nitrogens is 2. The van der Waals surface area contributed by atoms with Gasteiger partial charge in [0, 0.05) is 29.8 Å². The summed E-state index contributed by atoms with van der Waals surface area (Å²) >= 11 is 6.55. The maximum Gasteiger partial charge on any atom is 0.411 e. The molecular weight excluding hydrogens is 496 g/mol. The fourth-order valence-corrected chi connectivity index (χ4v) is 4.10. The Morgan fingerprint density at radius 2 is 1.97 bits per heavy atom. The van der Waals surface area contributed by atoms with Crippen molar-refractivity contribution < 1.29 is 19.1 Å². The Labute approximate surface area is 218 Å². The molecule has 0 saturated heterocycles. The number of nitrogens with two attached hydrogens (primary N) is 1. The van der Waals surface area contributed by atoms with Crippen LogP contribution in [-0.2, 0) is 16.1 Å². The van der Waals surface area contributed by atoms with E-state index in [1.807, 2.05) is 24.3 Å². The number of halogens is 1. The Kier molecular flexibility index (Phi) is 8.22. The number of ether oxygens (including phenoxy) is 1. The van der Waals surface area contributed by atoms with E-state index in [4.69, 9.17) is 17.3 Å². The molecule has 2 aromatic carbocycles. The minimum absolute atomic E-state index is 0.210. The number of carbonyl (C=O) groups is 3. The van der Waals surface area contributed by atoms with Crippen molar-refractivity contribution in [2.45, 2.75) is 31.8 Å². The van der Waals surface area contributed by atoms with Gasteiger partial charge in [-0.15, -0.1) is 0 Å². The van der Waals surface area contributed by atoms with Gasteiger partial charge < -0.3 is 26.1 Å². The molecule has 0 spiro atoms. The van der Waals surface area contributed by atoms with Crippen molar-refractivity contribution in [3.8, 4) is 11.3 Å². The second-order valence-electron chi connectivity index (χ2n) is 8.38. The molecule has 3 aromatic rings. The summed E-state index contributed by atoms with van der Waals surface area (Å²) in [6, 6.07) is 11.5. The molecule has 6 N–H and O–H groups in total. The van der Waals surface area contributed by atoms with Crippen LogP contribution >= 0.6 is 11.6 Å². The van der Waals surface area contributed by atoms with Gasteiger partial charge in [0.25, 0.3) is 5.91 Å². The van der Waals surface area contributed by atoms with Gasteiger partial charge in [-0.2, -0.15) is 0 Å². The zero-order valence-corrected chi connectivity index (χ0v) is 20.9. The van der Waals surface area contributed by atoms with E-state index in [1.165, 1.54) is 7.11 Å². The number of methoxy groups -OCH3 is 1. The molecule has 3 amide bonds. The summed E-state index contributed by atoms with van der Waals surface area (Å²) in [4.78, 5) is 45.0. The number of aromatic amines is 1. The Morgan fingerprint density at radius 3 is 2.70 bits per heavy atom. The van der Waals surface area contributed by atoms with Crippen LogP contribution in [0.25, 0.3) is 11.3 Å². The summed E-state index contributed by atoms with van der Waals surface area (Å²) in [6.07, 6.45) is 4.33. The van der Waals surface area contributed by atoms with Crippen LogP contribution in [-0.4, -0.2) is 35.0 Å². The number of rotatable bonds is 4. The number of H-pyrrole nitrogens is 1. The maximum absolute atomic E-state index is 13.0. The van der Waals surface area contributed by atoms with Crippen LogP contribution in [0.1, 0.15) is 47.1 Å². The molecular formula is C26H27ClN6O4. The van der Waals surface area contributed by atoms with Crippen LogP contribution in [0, 0.1) is 0 Å². The number of fused-ring (bicyclic) bond motifs is 4. The number of allylic oxidation sites excluding steroid dienone is 1. The number of carbonyl (C=O) groups excluding carboxylic acids is 3. The van der Waals surface area contributed by atoms with Gasteiger partial charge in [0.2, 0.25) is 5.91 Å². The highest BCUT2D eigenvalue weighted by Gasteiger charge is 2.23. The largest absolute Gasteiger partial charge is 0.453 e. The summed E-state index contributed by atoms with van der Waals surface area (Å²) < 4.78 is 4.65. The smallest absolute Gasteiger partial charge is 0.411 e. The van der Waals surface area contributed by atoms with Crippen LogP contribution in [0.5, 0.6) is 0 Å². The second-order valence-corrected chi connectivity index (χ2v) is 8.76. The highest BCUT2D eigenvalue weighted by molar-refractivity contribution is 6.32. The van der Waals surface area contributed by atoms with E-state index in [0.717, 1.165) is 5.56 Å². The molecule has 2 heterocycles. The molecule has 0 radical (unpaired) electrons. The maximum atomic E-state index is 13.0. The number of anilines is 2. The Bertz CT molecular complexity index is 1340. The lowest BCUT2D eigenvalue weighted by Crippen LogP contribution is -2.29. The van der Waals surface area contributed by atoms with Crippen LogP contribution in [0.3, 0.4) is 0 Å². The molecule has 10 nitrogen and oxygen atoms in total. The van der Waals surface area contributed by atoms with Gasteiger partial charge in [0.15, 0.2) is 0 Å². The van der Waals surface area contributed by atoms with Crippen molar-refractivity contribution in [3.05, 3.63) is 76.7 Å². The molecule has 2 bridgehead atoms. The van der Waals surface area contributed by atoms with Gasteiger partial charge in [0.05, 0.1) is 18.8 Å². The number of nitrogens with one attached hydrogen (secondary N) is 4. The number of amides is 3. The van der Waals surface area contributed by atoms with Gasteiger partial charge in [0.1, 0.15) is 16.7 Å². The molecule has 0 fully saturated rings. The number of nitrogens with zero attached hydrogens (tertiary/aromatic N) is 1. The Morgan fingerprint density at radius 1 is 1.19 bits per heavy atom. The first-order chi connectivity index (χ1) is 17.9. The van der Waals surface area contributed by atoms with Crippen LogP contribution in [0.2, 0.25) is 5.15 Å². The summed E-state index contributed by atoms with van der Waals surface area (Å²) in [5.41, 5.74) is 8.86. The van der Waals surface area contributed by atoms with Crippen molar-refractivity contribution in [1.82, 2.24) is 15.3 Å². The first-order valence-electron chi connectivity index (χ1n) is 11.7. The van der Waals surface area contributed by atoms with Crippen molar-refractivity contribution >= 4 is 40.9 Å². The van der Waals surface area contributed by atoms with E-state index in [0.29, 0.717) is 53.4 Å². The number of hydrogen-bond acceptors (Lipinski definition) is 6. The van der Waals surface area contributed by atoms with Crippen LogP contribution < -0.4 is 21.7 Å². The molecule has 11 heteroatoms. The molecule has 1 aromatic heterocycles. The third kappa shape index (κ3) is 6.35. The normalized spacial score (nSPS) is 16.2. The summed E-state index contributed by atoms with van der Waals surface area (Å²) in [7, 11) is 1.26. The third-order valence-corrected chi connectivity index (χ3v) is 6.10. The van der Waals surface area contributed by atoms with E-state index in [1.54, 1.807) is 30.3 Å². The topological polar surface area (TPSA) is 151 Å². The monoisotopic (exact) mass is 522 g/mol. The van der Waals surface area contributed by atoms with Gasteiger partial charge in [-0.25, -0.2) is 9.78 Å². The Hall–Kier alpha value is -4.15. The van der Waals surface area contributed by atoms with Crippen LogP contribution in [0.4, 0.5) is 16.2 Å². The SMILES string of the molecule is COC(=O)Nc1ccc2c(c1)NC(=O)CC/C=C\C[C@H](NC(=O)c1ccc(CN)cc1)c1nc-2c(Cl)[nH]1. The molecule has 4 rings (SSSR count). The minimum Gasteiger partial charge on any atom is -0.453 e. The average molecular weight is 523 g/mol. The lowest BCUT2D eigenvalue weighted by atomic mass is 10.1. The van der Waals surface area contributed by atoms with Gasteiger partial charge in [-0.1, -0.05) is 35.9 Å². The number of imidazole rings is 1. The summed E-state index contributed by atoms with van der Waals surface area (Å²) in [5, 5.41) is 8.71.